The van der Waals surface area contributed by atoms with E-state index in [-0.39, 0.29) is 0 Å². The van der Waals surface area contributed by atoms with E-state index in [0.29, 0.717) is 0 Å². The lowest BCUT2D eigenvalue weighted by molar-refractivity contribution is 0.0427. The van der Waals surface area contributed by atoms with Crippen LogP contribution in [0.2, 0.25) is 0 Å². The van der Waals surface area contributed by atoms with Crippen LogP contribution >= 0.6 is 0 Å². The molecule has 3 heteroatoms. The molecule has 2 N–H and O–H groups in total. The Kier molecular flexibility index (Phi) is 4.83. The molecule has 3 nitrogen and oxygen atoms in total. The molecular weight excluding hydrogens is 238 g/mol. The molecule has 19 heavy (non-hydrogen) atoms. The van der Waals surface area contributed by atoms with Gasteiger partial charge in [0.15, 0.2) is 0 Å². The number of fused-ring (bicyclic) bond motifs is 1. The van der Waals surface area contributed by atoms with E-state index in [2.05, 4.69) is 30.4 Å². The van der Waals surface area contributed by atoms with Crippen LogP contribution in [-0.4, -0.2) is 30.4 Å². The first kappa shape index (κ1) is 14.4. The summed E-state index contributed by atoms with van der Waals surface area (Å²) >= 11 is 0. The van der Waals surface area contributed by atoms with Crippen LogP contribution in [0.15, 0.2) is 18.2 Å². The molecule has 1 atom stereocenters. The van der Waals surface area contributed by atoms with Crippen LogP contribution in [0, 0.1) is 0 Å². The van der Waals surface area contributed by atoms with E-state index in [1.165, 1.54) is 11.1 Å². The fraction of sp³-hybridized carbons (Fsp3) is 0.625. The number of nitrogens with one attached hydrogen (secondary N) is 1. The molecule has 0 saturated carbocycles. The summed E-state index contributed by atoms with van der Waals surface area (Å²) in [5.74, 6) is 1.03. The van der Waals surface area contributed by atoms with Gasteiger partial charge in [-0.1, -0.05) is 19.1 Å². The summed E-state index contributed by atoms with van der Waals surface area (Å²) in [5, 5.41) is 13.6. The molecule has 0 aromatic heterocycles. The minimum Gasteiger partial charge on any atom is -0.493 e. The van der Waals surface area contributed by atoms with Crippen molar-refractivity contribution in [3.63, 3.8) is 0 Å². The highest BCUT2D eigenvalue weighted by Gasteiger charge is 2.20. The number of hydrogen-bond acceptors (Lipinski definition) is 3. The maximum atomic E-state index is 10.3. The molecule has 0 fully saturated rings. The van der Waals surface area contributed by atoms with E-state index < -0.39 is 5.60 Å². The monoisotopic (exact) mass is 263 g/mol. The second-order valence-electron chi connectivity index (χ2n) is 5.64. The Bertz CT molecular complexity index is 415. The molecule has 0 aliphatic carbocycles. The van der Waals surface area contributed by atoms with E-state index in [1.807, 2.05) is 6.92 Å². The normalized spacial score (nSPS) is 16.8. The molecule has 2 rings (SSSR count). The predicted molar refractivity (Wildman–Crippen MR) is 77.7 cm³/mol. The summed E-state index contributed by atoms with van der Waals surface area (Å²) < 4.78 is 5.51. The zero-order valence-corrected chi connectivity index (χ0v) is 12.0. The van der Waals surface area contributed by atoms with E-state index >= 15 is 0 Å². The molecule has 0 bridgehead atoms. The van der Waals surface area contributed by atoms with Crippen molar-refractivity contribution in [2.45, 2.75) is 45.1 Å². The summed E-state index contributed by atoms with van der Waals surface area (Å²) in [6, 6.07) is 6.40. The van der Waals surface area contributed by atoms with Crippen molar-refractivity contribution < 1.29 is 9.84 Å². The average Bonchev–Trinajstić information content (AvgIpc) is 2.84. The van der Waals surface area contributed by atoms with Crippen molar-refractivity contribution in [1.29, 1.82) is 0 Å². The minimum atomic E-state index is -0.586. The van der Waals surface area contributed by atoms with E-state index in [0.717, 1.165) is 51.1 Å². The second-order valence-corrected chi connectivity index (χ2v) is 5.64. The zero-order valence-electron chi connectivity index (χ0n) is 12.0. The molecule has 1 aliphatic rings. The molecule has 1 aromatic carbocycles. The van der Waals surface area contributed by atoms with Crippen LogP contribution in [0.1, 0.15) is 37.8 Å². The van der Waals surface area contributed by atoms with Gasteiger partial charge >= 0.3 is 0 Å². The number of benzene rings is 1. The predicted octanol–water partition coefficient (Wildman–Crippen LogP) is 2.30. The Morgan fingerprint density at radius 1 is 1.37 bits per heavy atom. The van der Waals surface area contributed by atoms with Crippen molar-refractivity contribution in [1.82, 2.24) is 5.32 Å². The fourth-order valence-electron chi connectivity index (χ4n) is 2.47. The SMILES string of the molecule is CCNCCC(C)(O)CCc1ccc2c(c1)CCO2. The first-order valence-electron chi connectivity index (χ1n) is 7.28. The van der Waals surface area contributed by atoms with Gasteiger partial charge in [-0.3, -0.25) is 0 Å². The highest BCUT2D eigenvalue weighted by Crippen LogP contribution is 2.27. The number of hydrogen-bond donors (Lipinski definition) is 2. The minimum absolute atomic E-state index is 0.586. The van der Waals surface area contributed by atoms with Crippen LogP contribution < -0.4 is 10.1 Å². The van der Waals surface area contributed by atoms with Crippen LogP contribution in [0.5, 0.6) is 5.75 Å². The van der Waals surface area contributed by atoms with Gasteiger partial charge in [-0.05, 0) is 56.5 Å². The number of ether oxygens (including phenoxy) is 1. The van der Waals surface area contributed by atoms with E-state index in [4.69, 9.17) is 4.74 Å². The van der Waals surface area contributed by atoms with E-state index in [1.54, 1.807) is 0 Å². The lowest BCUT2D eigenvalue weighted by atomic mass is 9.93. The van der Waals surface area contributed by atoms with Crippen molar-refractivity contribution in [2.24, 2.45) is 0 Å². The van der Waals surface area contributed by atoms with Crippen LogP contribution in [0.3, 0.4) is 0 Å². The molecule has 0 saturated heterocycles. The number of aliphatic hydroxyl groups is 1. The van der Waals surface area contributed by atoms with Gasteiger partial charge in [0.25, 0.3) is 0 Å². The number of rotatable bonds is 7. The average molecular weight is 263 g/mol. The second kappa shape index (κ2) is 6.40. The van der Waals surface area contributed by atoms with E-state index in [9.17, 15) is 5.11 Å². The van der Waals surface area contributed by atoms with Crippen molar-refractivity contribution >= 4 is 0 Å². The van der Waals surface area contributed by atoms with Crippen molar-refractivity contribution in [3.8, 4) is 5.75 Å². The van der Waals surface area contributed by atoms with Gasteiger partial charge in [0.1, 0.15) is 5.75 Å². The Hall–Kier alpha value is -1.06. The van der Waals surface area contributed by atoms with Gasteiger partial charge < -0.3 is 15.2 Å². The molecule has 0 radical (unpaired) electrons. The van der Waals surface area contributed by atoms with Crippen LogP contribution in [-0.2, 0) is 12.8 Å². The maximum Gasteiger partial charge on any atom is 0.122 e. The first-order valence-corrected chi connectivity index (χ1v) is 7.28. The number of aryl methyl sites for hydroxylation is 1. The summed E-state index contributed by atoms with van der Waals surface area (Å²) in [6.07, 6.45) is 3.54. The maximum absolute atomic E-state index is 10.3. The topological polar surface area (TPSA) is 41.5 Å². The molecule has 0 amide bonds. The lowest BCUT2D eigenvalue weighted by Gasteiger charge is -2.23. The van der Waals surface area contributed by atoms with Gasteiger partial charge in [0, 0.05) is 6.42 Å². The summed E-state index contributed by atoms with van der Waals surface area (Å²) in [5.41, 5.74) is 2.02. The smallest absolute Gasteiger partial charge is 0.122 e. The lowest BCUT2D eigenvalue weighted by Crippen LogP contribution is -2.30. The Morgan fingerprint density at radius 2 is 2.21 bits per heavy atom. The van der Waals surface area contributed by atoms with Gasteiger partial charge in [-0.25, -0.2) is 0 Å². The summed E-state index contributed by atoms with van der Waals surface area (Å²) in [6.45, 7) is 6.66. The molecule has 1 aliphatic heterocycles. The zero-order chi connectivity index (χ0) is 13.7. The van der Waals surface area contributed by atoms with Crippen LogP contribution in [0.4, 0.5) is 0 Å². The van der Waals surface area contributed by atoms with Gasteiger partial charge in [0.05, 0.1) is 12.2 Å². The fourth-order valence-corrected chi connectivity index (χ4v) is 2.47. The quantitative estimate of drug-likeness (QED) is 0.742. The van der Waals surface area contributed by atoms with Gasteiger partial charge in [-0.2, -0.15) is 0 Å². The molecule has 1 heterocycles. The largest absolute Gasteiger partial charge is 0.493 e. The van der Waals surface area contributed by atoms with Gasteiger partial charge in [-0.15, -0.1) is 0 Å². The first-order chi connectivity index (χ1) is 9.11. The molecular formula is C16H25NO2. The van der Waals surface area contributed by atoms with Gasteiger partial charge in [0.2, 0.25) is 0 Å². The standard InChI is InChI=1S/C16H25NO2/c1-3-17-10-9-16(2,18)8-6-13-4-5-15-14(12-13)7-11-19-15/h4-5,12,17-18H,3,6-11H2,1-2H3. The Morgan fingerprint density at radius 3 is 3.00 bits per heavy atom. The Labute approximate surface area is 116 Å². The third-order valence-corrected chi connectivity index (χ3v) is 3.80. The van der Waals surface area contributed by atoms with Crippen molar-refractivity contribution in [2.75, 3.05) is 19.7 Å². The highest BCUT2D eigenvalue weighted by molar-refractivity contribution is 5.39. The van der Waals surface area contributed by atoms with Crippen LogP contribution in [0.25, 0.3) is 0 Å². The molecule has 1 unspecified atom stereocenters. The third-order valence-electron chi connectivity index (χ3n) is 3.80. The molecule has 1 aromatic rings. The molecule has 0 spiro atoms. The third kappa shape index (κ3) is 4.22. The summed E-state index contributed by atoms with van der Waals surface area (Å²) in [7, 11) is 0. The highest BCUT2D eigenvalue weighted by atomic mass is 16.5. The molecule has 106 valence electrons. The Balaban J connectivity index is 1.84. The summed E-state index contributed by atoms with van der Waals surface area (Å²) in [4.78, 5) is 0. The van der Waals surface area contributed by atoms with Crippen molar-refractivity contribution in [3.05, 3.63) is 29.3 Å².